The first kappa shape index (κ1) is 17.1. The fraction of sp³-hybridized carbons (Fsp3) is 0.211. The standard InChI is InChI=1S/C19H20N4OS/c1-13-11-17(14(2)10-16(13)20-12-23(3)4)24-19-21-18(22-25-19)15-8-6-5-7-9-15/h5-12H,1-4H3/b20-12+. The van der Waals surface area contributed by atoms with E-state index >= 15 is 0 Å². The van der Waals surface area contributed by atoms with Crippen molar-refractivity contribution in [2.24, 2.45) is 4.99 Å². The van der Waals surface area contributed by atoms with Crippen molar-refractivity contribution in [3.63, 3.8) is 0 Å². The van der Waals surface area contributed by atoms with Crippen LogP contribution in [0.1, 0.15) is 11.1 Å². The first-order chi connectivity index (χ1) is 12.0. The van der Waals surface area contributed by atoms with Gasteiger partial charge in [0.15, 0.2) is 5.82 Å². The van der Waals surface area contributed by atoms with Gasteiger partial charge in [0, 0.05) is 31.2 Å². The number of ether oxygens (including phenoxy) is 1. The number of rotatable bonds is 5. The van der Waals surface area contributed by atoms with Crippen molar-refractivity contribution >= 4 is 23.6 Å². The lowest BCUT2D eigenvalue weighted by Crippen LogP contribution is -2.07. The number of hydrogen-bond acceptors (Lipinski definition) is 5. The number of aromatic nitrogens is 2. The monoisotopic (exact) mass is 352 g/mol. The molecule has 0 atom stereocenters. The first-order valence-corrected chi connectivity index (χ1v) is 8.69. The predicted molar refractivity (Wildman–Crippen MR) is 103 cm³/mol. The van der Waals surface area contributed by atoms with E-state index in [1.54, 1.807) is 6.34 Å². The van der Waals surface area contributed by atoms with Gasteiger partial charge in [0.25, 0.3) is 5.19 Å². The molecule has 2 aromatic carbocycles. The average Bonchev–Trinajstić information content (AvgIpc) is 3.06. The van der Waals surface area contributed by atoms with E-state index in [1.807, 2.05) is 75.3 Å². The minimum Gasteiger partial charge on any atom is -0.430 e. The van der Waals surface area contributed by atoms with Gasteiger partial charge in [-0.15, -0.1) is 0 Å². The fourth-order valence-corrected chi connectivity index (χ4v) is 2.82. The Balaban J connectivity index is 1.82. The molecule has 3 rings (SSSR count). The van der Waals surface area contributed by atoms with Gasteiger partial charge in [0.1, 0.15) is 5.75 Å². The van der Waals surface area contributed by atoms with Crippen LogP contribution in [0, 0.1) is 13.8 Å². The third-order valence-electron chi connectivity index (χ3n) is 3.56. The zero-order valence-electron chi connectivity index (χ0n) is 14.7. The Morgan fingerprint density at radius 2 is 1.84 bits per heavy atom. The summed E-state index contributed by atoms with van der Waals surface area (Å²) in [7, 11) is 3.89. The normalized spacial score (nSPS) is 11.0. The van der Waals surface area contributed by atoms with Crippen molar-refractivity contribution in [1.82, 2.24) is 14.3 Å². The molecule has 0 radical (unpaired) electrons. The second kappa shape index (κ2) is 7.44. The summed E-state index contributed by atoms with van der Waals surface area (Å²) >= 11 is 1.25. The Morgan fingerprint density at radius 3 is 2.56 bits per heavy atom. The second-order valence-corrected chi connectivity index (χ2v) is 6.68. The lowest BCUT2D eigenvalue weighted by atomic mass is 10.1. The highest BCUT2D eigenvalue weighted by Gasteiger charge is 2.11. The van der Waals surface area contributed by atoms with E-state index in [0.29, 0.717) is 11.0 Å². The summed E-state index contributed by atoms with van der Waals surface area (Å²) in [5.74, 6) is 1.46. The third-order valence-corrected chi connectivity index (χ3v) is 4.15. The number of aliphatic imine (C=N–C) groups is 1. The summed E-state index contributed by atoms with van der Waals surface area (Å²) in [5.41, 5.74) is 3.97. The van der Waals surface area contributed by atoms with Gasteiger partial charge in [-0.25, -0.2) is 4.99 Å². The zero-order chi connectivity index (χ0) is 17.8. The average molecular weight is 352 g/mol. The van der Waals surface area contributed by atoms with E-state index in [4.69, 9.17) is 4.74 Å². The molecule has 0 aliphatic rings. The van der Waals surface area contributed by atoms with E-state index in [9.17, 15) is 0 Å². The molecule has 3 aromatic rings. The van der Waals surface area contributed by atoms with Gasteiger partial charge in [-0.2, -0.15) is 9.36 Å². The molecule has 0 bridgehead atoms. The Labute approximate surface area is 151 Å². The Morgan fingerprint density at radius 1 is 1.08 bits per heavy atom. The van der Waals surface area contributed by atoms with Crippen LogP contribution in [0.4, 0.5) is 5.69 Å². The van der Waals surface area contributed by atoms with E-state index in [-0.39, 0.29) is 0 Å². The van der Waals surface area contributed by atoms with Crippen molar-refractivity contribution in [3.8, 4) is 22.3 Å². The van der Waals surface area contributed by atoms with Gasteiger partial charge < -0.3 is 9.64 Å². The summed E-state index contributed by atoms with van der Waals surface area (Å²) in [6.07, 6.45) is 1.79. The maximum Gasteiger partial charge on any atom is 0.299 e. The van der Waals surface area contributed by atoms with Gasteiger partial charge >= 0.3 is 0 Å². The summed E-state index contributed by atoms with van der Waals surface area (Å²) in [6.45, 7) is 4.02. The topological polar surface area (TPSA) is 50.6 Å². The van der Waals surface area contributed by atoms with Crippen molar-refractivity contribution < 1.29 is 4.74 Å². The molecule has 0 saturated heterocycles. The Kier molecular flexibility index (Phi) is 5.09. The van der Waals surface area contributed by atoms with E-state index < -0.39 is 0 Å². The molecular weight excluding hydrogens is 332 g/mol. The van der Waals surface area contributed by atoms with Crippen LogP contribution in [-0.4, -0.2) is 34.7 Å². The molecule has 0 N–H and O–H groups in total. The second-order valence-electron chi connectivity index (χ2n) is 5.96. The highest BCUT2D eigenvalue weighted by atomic mass is 32.1. The molecule has 0 spiro atoms. The molecule has 5 nitrogen and oxygen atoms in total. The summed E-state index contributed by atoms with van der Waals surface area (Å²) in [5, 5.41) is 0.533. The van der Waals surface area contributed by atoms with Crippen LogP contribution in [0.2, 0.25) is 0 Å². The maximum atomic E-state index is 5.96. The van der Waals surface area contributed by atoms with Crippen LogP contribution in [0.25, 0.3) is 11.4 Å². The van der Waals surface area contributed by atoms with Crippen LogP contribution in [0.5, 0.6) is 10.9 Å². The van der Waals surface area contributed by atoms with Gasteiger partial charge in [-0.1, -0.05) is 30.3 Å². The van der Waals surface area contributed by atoms with Crippen molar-refractivity contribution in [2.75, 3.05) is 14.1 Å². The van der Waals surface area contributed by atoms with Crippen LogP contribution in [0.15, 0.2) is 47.5 Å². The van der Waals surface area contributed by atoms with Crippen LogP contribution < -0.4 is 4.74 Å². The number of benzene rings is 2. The first-order valence-electron chi connectivity index (χ1n) is 7.92. The van der Waals surface area contributed by atoms with E-state index in [2.05, 4.69) is 14.3 Å². The fourth-order valence-electron chi connectivity index (χ4n) is 2.25. The third kappa shape index (κ3) is 4.22. The van der Waals surface area contributed by atoms with Crippen molar-refractivity contribution in [1.29, 1.82) is 0 Å². The van der Waals surface area contributed by atoms with Crippen molar-refractivity contribution in [3.05, 3.63) is 53.6 Å². The number of hydrogen-bond donors (Lipinski definition) is 0. The van der Waals surface area contributed by atoms with Gasteiger partial charge in [0.2, 0.25) is 0 Å². The lowest BCUT2D eigenvalue weighted by molar-refractivity contribution is 0.475. The SMILES string of the molecule is Cc1cc(Oc2nc(-c3ccccc3)ns2)c(C)cc1/N=C/N(C)C. The highest BCUT2D eigenvalue weighted by Crippen LogP contribution is 2.33. The lowest BCUT2D eigenvalue weighted by Gasteiger charge is -2.10. The van der Waals surface area contributed by atoms with Crippen molar-refractivity contribution in [2.45, 2.75) is 13.8 Å². The van der Waals surface area contributed by atoms with Gasteiger partial charge in [-0.3, -0.25) is 0 Å². The van der Waals surface area contributed by atoms with E-state index in [1.165, 1.54) is 11.5 Å². The number of nitrogens with zero attached hydrogens (tertiary/aromatic N) is 4. The minimum atomic E-state index is 0.533. The predicted octanol–water partition coefficient (Wildman–Crippen LogP) is 4.84. The summed E-state index contributed by atoms with van der Waals surface area (Å²) in [4.78, 5) is 10.9. The molecule has 6 heteroatoms. The van der Waals surface area contributed by atoms with Gasteiger partial charge in [0.05, 0.1) is 12.0 Å². The summed E-state index contributed by atoms with van der Waals surface area (Å²) in [6, 6.07) is 13.9. The molecule has 0 aliphatic heterocycles. The Hall–Kier alpha value is -2.73. The molecule has 0 amide bonds. The molecule has 25 heavy (non-hydrogen) atoms. The zero-order valence-corrected chi connectivity index (χ0v) is 15.5. The quantitative estimate of drug-likeness (QED) is 0.487. The Bertz CT molecular complexity index is 888. The van der Waals surface area contributed by atoms with Gasteiger partial charge in [-0.05, 0) is 37.1 Å². The maximum absolute atomic E-state index is 5.96. The number of aryl methyl sites for hydroxylation is 2. The molecule has 0 fully saturated rings. The largest absolute Gasteiger partial charge is 0.430 e. The van der Waals surface area contributed by atoms with Crippen LogP contribution in [-0.2, 0) is 0 Å². The smallest absolute Gasteiger partial charge is 0.299 e. The molecule has 0 unspecified atom stereocenters. The molecular formula is C19H20N4OS. The molecule has 0 aliphatic carbocycles. The summed E-state index contributed by atoms with van der Waals surface area (Å²) < 4.78 is 10.3. The minimum absolute atomic E-state index is 0.533. The molecule has 1 heterocycles. The van der Waals surface area contributed by atoms with Crippen LogP contribution in [0.3, 0.4) is 0 Å². The molecule has 128 valence electrons. The molecule has 1 aromatic heterocycles. The van der Waals surface area contributed by atoms with E-state index in [0.717, 1.165) is 28.1 Å². The highest BCUT2D eigenvalue weighted by molar-refractivity contribution is 7.07. The molecule has 0 saturated carbocycles. The van der Waals surface area contributed by atoms with Crippen LogP contribution >= 0.6 is 11.5 Å².